The molecule has 1 aliphatic rings. The zero-order chi connectivity index (χ0) is 25.9. The van der Waals surface area contributed by atoms with Crippen LogP contribution in [0.5, 0.6) is 5.75 Å². The van der Waals surface area contributed by atoms with Gasteiger partial charge in [0.15, 0.2) is 16.6 Å². The zero-order valence-corrected chi connectivity index (χ0v) is 22.0. The molecule has 0 amide bonds. The Kier molecular flexibility index (Phi) is 7.29. The highest BCUT2D eigenvalue weighted by atomic mass is 35.5. The lowest BCUT2D eigenvalue weighted by Gasteiger charge is -2.22. The maximum absolute atomic E-state index is 12.2. The van der Waals surface area contributed by atoms with Crippen LogP contribution < -0.4 is 9.64 Å². The normalized spacial score (nSPS) is 13.9. The number of rotatable bonds is 9. The Labute approximate surface area is 223 Å². The van der Waals surface area contributed by atoms with Crippen molar-refractivity contribution in [2.24, 2.45) is 0 Å². The fraction of sp³-hybridized carbons (Fsp3) is 0.308. The van der Waals surface area contributed by atoms with Crippen LogP contribution >= 0.6 is 22.9 Å². The van der Waals surface area contributed by atoms with Crippen LogP contribution in [0.2, 0.25) is 5.02 Å². The predicted octanol–water partition coefficient (Wildman–Crippen LogP) is 4.88. The van der Waals surface area contributed by atoms with E-state index in [0.717, 1.165) is 30.0 Å². The summed E-state index contributed by atoms with van der Waals surface area (Å²) in [5.74, 6) is -0.390. The minimum Gasteiger partial charge on any atom is -0.486 e. The number of aromatic nitrogens is 5. The van der Waals surface area contributed by atoms with Crippen LogP contribution in [0.25, 0.3) is 16.3 Å². The summed E-state index contributed by atoms with van der Waals surface area (Å²) in [7, 11) is 0. The topological polar surface area (TPSA) is 103 Å². The van der Waals surface area contributed by atoms with Crippen molar-refractivity contribution in [1.82, 2.24) is 25.2 Å². The lowest BCUT2D eigenvalue weighted by atomic mass is 10.1. The Morgan fingerprint density at radius 2 is 1.81 bits per heavy atom. The van der Waals surface area contributed by atoms with Crippen LogP contribution in [-0.2, 0) is 16.2 Å². The number of carbonyl (C=O) groups is 2. The Bertz CT molecular complexity index is 1430. The fourth-order valence-corrected chi connectivity index (χ4v) is 5.56. The number of anilines is 1. The van der Waals surface area contributed by atoms with E-state index in [1.807, 2.05) is 36.4 Å². The van der Waals surface area contributed by atoms with Gasteiger partial charge in [-0.2, -0.15) is 0 Å². The lowest BCUT2D eigenvalue weighted by molar-refractivity contribution is -0.123. The zero-order valence-electron chi connectivity index (χ0n) is 20.4. The lowest BCUT2D eigenvalue weighted by Crippen LogP contribution is -2.21. The number of carbonyl (C=O) groups excluding carboxylic acids is 2. The van der Waals surface area contributed by atoms with Crippen molar-refractivity contribution in [3.63, 3.8) is 0 Å². The van der Waals surface area contributed by atoms with E-state index in [4.69, 9.17) is 16.3 Å². The van der Waals surface area contributed by atoms with E-state index in [2.05, 4.69) is 39.3 Å². The maximum atomic E-state index is 12.2. The smallest absolute Gasteiger partial charge is 0.151 e. The molecule has 4 aromatic rings. The van der Waals surface area contributed by atoms with Crippen LogP contribution in [0.15, 0.2) is 48.7 Å². The molecule has 0 atom stereocenters. The minimum absolute atomic E-state index is 0.0948. The largest absolute Gasteiger partial charge is 0.486 e. The van der Waals surface area contributed by atoms with Gasteiger partial charge in [-0.15, -0.1) is 15.3 Å². The highest BCUT2D eigenvalue weighted by molar-refractivity contribution is 7.15. The fourth-order valence-electron chi connectivity index (χ4n) is 4.31. The van der Waals surface area contributed by atoms with Gasteiger partial charge in [0.1, 0.15) is 29.0 Å². The summed E-state index contributed by atoms with van der Waals surface area (Å²) in [6, 6.07) is 13.3. The number of para-hydroxylation sites is 1. The monoisotopic (exact) mass is 536 g/mol. The Hall–Kier alpha value is -3.63. The Balaban J connectivity index is 1.44. The van der Waals surface area contributed by atoms with Crippen molar-refractivity contribution in [2.75, 3.05) is 18.0 Å². The molecule has 0 aliphatic heterocycles. The molecule has 9 nitrogen and oxygen atoms in total. The molecule has 0 radical (unpaired) electrons. The van der Waals surface area contributed by atoms with E-state index < -0.39 is 5.92 Å². The molecule has 1 fully saturated rings. The summed E-state index contributed by atoms with van der Waals surface area (Å²) in [4.78, 5) is 26.7. The van der Waals surface area contributed by atoms with E-state index >= 15 is 0 Å². The van der Waals surface area contributed by atoms with Crippen LogP contribution in [0.3, 0.4) is 0 Å². The van der Waals surface area contributed by atoms with Crippen molar-refractivity contribution in [2.45, 2.75) is 39.2 Å². The molecule has 1 saturated carbocycles. The first-order valence-electron chi connectivity index (χ1n) is 12.1. The third kappa shape index (κ3) is 5.12. The molecule has 0 N–H and O–H groups in total. The van der Waals surface area contributed by atoms with Crippen molar-refractivity contribution in [3.05, 3.63) is 64.4 Å². The summed E-state index contributed by atoms with van der Waals surface area (Å²) in [5.41, 5.74) is 3.09. The van der Waals surface area contributed by atoms with Gasteiger partial charge in [0.2, 0.25) is 0 Å². The molecular formula is C26H25ClN6O3S. The van der Waals surface area contributed by atoms with Crippen molar-refractivity contribution >= 4 is 40.2 Å². The Morgan fingerprint density at radius 3 is 2.54 bits per heavy atom. The standard InChI is InChI=1S/C26H25ClN6O3S/c1-3-32(4-2)17-9-10-18(25-29-30-26(37-25)24-21(34)11-12-22(24)35)23(13-17)36-15-16-14-33(31-28-16)20-8-6-5-7-19(20)27/h5-10,13-14,24H,3-4,11-12,15H2,1-2H3. The summed E-state index contributed by atoms with van der Waals surface area (Å²) < 4.78 is 7.86. The molecular weight excluding hydrogens is 512 g/mol. The third-order valence-electron chi connectivity index (χ3n) is 6.29. The highest BCUT2D eigenvalue weighted by Crippen LogP contribution is 2.39. The van der Waals surface area contributed by atoms with Crippen molar-refractivity contribution in [1.29, 1.82) is 0 Å². The average Bonchev–Trinajstić information content (AvgIpc) is 3.64. The predicted molar refractivity (Wildman–Crippen MR) is 142 cm³/mol. The summed E-state index contributed by atoms with van der Waals surface area (Å²) in [6.45, 7) is 6.05. The molecule has 11 heteroatoms. The number of halogens is 1. The number of benzene rings is 2. The number of hydrogen-bond donors (Lipinski definition) is 0. The molecule has 0 spiro atoms. The number of nitrogens with zero attached hydrogens (tertiary/aromatic N) is 6. The third-order valence-corrected chi connectivity index (χ3v) is 7.63. The SMILES string of the molecule is CCN(CC)c1ccc(-c2nnc(C3C(=O)CCC3=O)s2)c(OCc2cn(-c3ccccc3Cl)nn2)c1. The molecule has 0 saturated heterocycles. The second-order valence-electron chi connectivity index (χ2n) is 8.56. The van der Waals surface area contributed by atoms with Crippen LogP contribution in [0.4, 0.5) is 5.69 Å². The van der Waals surface area contributed by atoms with Gasteiger partial charge >= 0.3 is 0 Å². The van der Waals surface area contributed by atoms with Gasteiger partial charge in [-0.3, -0.25) is 9.59 Å². The first-order valence-corrected chi connectivity index (χ1v) is 13.2. The van der Waals surface area contributed by atoms with E-state index in [1.165, 1.54) is 11.3 Å². The molecule has 5 rings (SSSR count). The second-order valence-corrected chi connectivity index (χ2v) is 9.97. The van der Waals surface area contributed by atoms with Crippen molar-refractivity contribution < 1.29 is 14.3 Å². The van der Waals surface area contributed by atoms with Gasteiger partial charge in [-0.05, 0) is 38.1 Å². The van der Waals surface area contributed by atoms with Crippen molar-refractivity contribution in [3.8, 4) is 22.0 Å². The number of Topliss-reactive ketones (excluding diaryl/α,β-unsaturated/α-hetero) is 2. The summed E-state index contributed by atoms with van der Waals surface area (Å²) in [5, 5.41) is 18.5. The minimum atomic E-state index is -0.801. The molecule has 2 aromatic heterocycles. The molecule has 190 valence electrons. The second kappa shape index (κ2) is 10.8. The maximum Gasteiger partial charge on any atom is 0.151 e. The summed E-state index contributed by atoms with van der Waals surface area (Å²) in [6.07, 6.45) is 2.30. The molecule has 0 unspecified atom stereocenters. The average molecular weight is 537 g/mol. The van der Waals surface area contributed by atoms with E-state index in [-0.39, 0.29) is 31.0 Å². The number of ketones is 2. The van der Waals surface area contributed by atoms with Gasteiger partial charge in [0.05, 0.1) is 22.5 Å². The quantitative estimate of drug-likeness (QED) is 0.279. The first kappa shape index (κ1) is 25.0. The van der Waals surface area contributed by atoms with E-state index in [9.17, 15) is 9.59 Å². The number of hydrogen-bond acceptors (Lipinski definition) is 9. The summed E-state index contributed by atoms with van der Waals surface area (Å²) >= 11 is 7.54. The van der Waals surface area contributed by atoms with Gasteiger partial charge < -0.3 is 9.64 Å². The first-order chi connectivity index (χ1) is 18.0. The van der Waals surface area contributed by atoms with Gasteiger partial charge in [-0.1, -0.05) is 40.3 Å². The molecule has 2 heterocycles. The van der Waals surface area contributed by atoms with Gasteiger partial charge in [0.25, 0.3) is 0 Å². The Morgan fingerprint density at radius 1 is 1.05 bits per heavy atom. The molecule has 1 aliphatic carbocycles. The van der Waals surface area contributed by atoms with Gasteiger partial charge in [-0.25, -0.2) is 4.68 Å². The van der Waals surface area contributed by atoms with Crippen LogP contribution in [-0.4, -0.2) is 49.8 Å². The molecule has 37 heavy (non-hydrogen) atoms. The van der Waals surface area contributed by atoms with Gasteiger partial charge in [0, 0.05) is 37.7 Å². The molecule has 2 aromatic carbocycles. The van der Waals surface area contributed by atoms with Crippen LogP contribution in [0.1, 0.15) is 43.3 Å². The number of ether oxygens (including phenoxy) is 1. The van der Waals surface area contributed by atoms with E-state index in [1.54, 1.807) is 16.9 Å². The van der Waals surface area contributed by atoms with E-state index in [0.29, 0.717) is 26.5 Å². The molecule has 0 bridgehead atoms. The highest BCUT2D eigenvalue weighted by Gasteiger charge is 2.37. The van der Waals surface area contributed by atoms with Crippen LogP contribution in [0, 0.1) is 0 Å².